The molecule has 0 spiro atoms. The summed E-state index contributed by atoms with van der Waals surface area (Å²) in [7, 11) is 0. The molecule has 0 radical (unpaired) electrons. The lowest BCUT2D eigenvalue weighted by Gasteiger charge is -2.24. The van der Waals surface area contributed by atoms with Gasteiger partial charge < -0.3 is 15.1 Å². The molecule has 0 aliphatic rings. The van der Waals surface area contributed by atoms with Gasteiger partial charge >= 0.3 is 0 Å². The van der Waals surface area contributed by atoms with Gasteiger partial charge in [-0.2, -0.15) is 0 Å². The second-order valence-electron chi connectivity index (χ2n) is 4.15. The van der Waals surface area contributed by atoms with Crippen LogP contribution in [0.2, 0.25) is 0 Å². The normalized spacial score (nSPS) is 10.3. The number of hydrogen-bond donors (Lipinski definition) is 2. The first-order valence-corrected chi connectivity index (χ1v) is 5.98. The average Bonchev–Trinajstić information content (AvgIpc) is 2.42. The van der Waals surface area contributed by atoms with Crippen LogP contribution in [0.5, 0.6) is 5.75 Å². The van der Waals surface area contributed by atoms with Crippen molar-refractivity contribution in [3.63, 3.8) is 0 Å². The Morgan fingerprint density at radius 2 is 1.56 bits per heavy atom. The molecule has 3 heteroatoms. The summed E-state index contributed by atoms with van der Waals surface area (Å²) in [5, 5.41) is 18.4. The van der Waals surface area contributed by atoms with Crippen molar-refractivity contribution >= 4 is 5.69 Å². The van der Waals surface area contributed by atoms with Crippen molar-refractivity contribution < 1.29 is 10.2 Å². The Morgan fingerprint density at radius 1 is 0.889 bits per heavy atom. The van der Waals surface area contributed by atoms with Crippen LogP contribution in [-0.2, 0) is 6.54 Å². The van der Waals surface area contributed by atoms with Gasteiger partial charge in [0.05, 0.1) is 6.61 Å². The minimum Gasteiger partial charge on any atom is -0.508 e. The minimum absolute atomic E-state index is 0.118. The fourth-order valence-electron chi connectivity index (χ4n) is 1.88. The van der Waals surface area contributed by atoms with E-state index in [2.05, 4.69) is 4.90 Å². The third kappa shape index (κ3) is 3.25. The summed E-state index contributed by atoms with van der Waals surface area (Å²) in [6.45, 7) is 1.42. The standard InChI is InChI=1S/C15H17NO2/c17-11-10-16(14-4-2-1-3-5-14)12-13-6-8-15(18)9-7-13/h1-9,17-18H,10-12H2. The largest absolute Gasteiger partial charge is 0.508 e. The van der Waals surface area contributed by atoms with Crippen LogP contribution in [0.4, 0.5) is 5.69 Å². The zero-order chi connectivity index (χ0) is 12.8. The molecule has 0 bridgehead atoms. The summed E-state index contributed by atoms with van der Waals surface area (Å²) in [5.74, 6) is 0.271. The molecule has 3 nitrogen and oxygen atoms in total. The van der Waals surface area contributed by atoms with Crippen LogP contribution in [0.25, 0.3) is 0 Å². The van der Waals surface area contributed by atoms with Crippen molar-refractivity contribution in [1.82, 2.24) is 0 Å². The SMILES string of the molecule is OCCN(Cc1ccc(O)cc1)c1ccccc1. The number of nitrogens with zero attached hydrogens (tertiary/aromatic N) is 1. The van der Waals surface area contributed by atoms with Crippen LogP contribution in [0.3, 0.4) is 0 Å². The van der Waals surface area contributed by atoms with Gasteiger partial charge in [0.25, 0.3) is 0 Å². The Bertz CT molecular complexity index is 468. The Hall–Kier alpha value is -2.00. The number of phenols is 1. The predicted molar refractivity (Wildman–Crippen MR) is 72.7 cm³/mol. The number of aliphatic hydroxyl groups excluding tert-OH is 1. The molecule has 0 unspecified atom stereocenters. The molecular weight excluding hydrogens is 226 g/mol. The molecule has 2 aromatic rings. The predicted octanol–water partition coefficient (Wildman–Crippen LogP) is 2.39. The van der Waals surface area contributed by atoms with Crippen LogP contribution in [0, 0.1) is 0 Å². The fraction of sp³-hybridized carbons (Fsp3) is 0.200. The van der Waals surface area contributed by atoms with Gasteiger partial charge in [-0.25, -0.2) is 0 Å². The lowest BCUT2D eigenvalue weighted by Crippen LogP contribution is -2.25. The van der Waals surface area contributed by atoms with Crippen molar-refractivity contribution in [2.75, 3.05) is 18.1 Å². The average molecular weight is 243 g/mol. The second-order valence-corrected chi connectivity index (χ2v) is 4.15. The van der Waals surface area contributed by atoms with Crippen LogP contribution in [-0.4, -0.2) is 23.4 Å². The number of benzene rings is 2. The molecule has 0 saturated heterocycles. The topological polar surface area (TPSA) is 43.7 Å². The molecule has 2 rings (SSSR count). The molecule has 0 amide bonds. The molecule has 0 aliphatic heterocycles. The zero-order valence-corrected chi connectivity index (χ0v) is 10.2. The molecule has 0 aromatic heterocycles. The Morgan fingerprint density at radius 3 is 2.17 bits per heavy atom. The number of para-hydroxylation sites is 1. The highest BCUT2D eigenvalue weighted by molar-refractivity contribution is 5.46. The van der Waals surface area contributed by atoms with Gasteiger partial charge in [0, 0.05) is 18.8 Å². The van der Waals surface area contributed by atoms with E-state index in [4.69, 9.17) is 5.11 Å². The molecule has 0 aliphatic carbocycles. The summed E-state index contributed by atoms with van der Waals surface area (Å²) in [5.41, 5.74) is 2.18. The highest BCUT2D eigenvalue weighted by Gasteiger charge is 2.06. The Kier molecular flexibility index (Phi) is 4.20. The molecule has 2 N–H and O–H groups in total. The van der Waals surface area contributed by atoms with Crippen molar-refractivity contribution in [3.05, 3.63) is 60.2 Å². The summed E-state index contributed by atoms with van der Waals surface area (Å²) in [4.78, 5) is 2.10. The summed E-state index contributed by atoms with van der Waals surface area (Å²) < 4.78 is 0. The fourth-order valence-corrected chi connectivity index (χ4v) is 1.88. The van der Waals surface area contributed by atoms with Crippen molar-refractivity contribution in [2.45, 2.75) is 6.54 Å². The highest BCUT2D eigenvalue weighted by Crippen LogP contribution is 2.17. The number of anilines is 1. The Balaban J connectivity index is 2.14. The molecule has 0 saturated carbocycles. The van der Waals surface area contributed by atoms with Crippen LogP contribution in [0.1, 0.15) is 5.56 Å². The van der Waals surface area contributed by atoms with Gasteiger partial charge in [0.2, 0.25) is 0 Å². The molecule has 0 atom stereocenters. The van der Waals surface area contributed by atoms with E-state index in [1.54, 1.807) is 12.1 Å². The number of phenolic OH excluding ortho intramolecular Hbond substituents is 1. The monoisotopic (exact) mass is 243 g/mol. The van der Waals surface area contributed by atoms with Crippen molar-refractivity contribution in [3.8, 4) is 5.75 Å². The molecule has 0 fully saturated rings. The summed E-state index contributed by atoms with van der Waals surface area (Å²) in [6.07, 6.45) is 0. The van der Waals surface area contributed by atoms with Crippen LogP contribution < -0.4 is 4.90 Å². The van der Waals surface area contributed by atoms with Crippen molar-refractivity contribution in [2.24, 2.45) is 0 Å². The van der Waals surface area contributed by atoms with E-state index in [0.29, 0.717) is 13.1 Å². The van der Waals surface area contributed by atoms with Crippen LogP contribution >= 0.6 is 0 Å². The third-order valence-electron chi connectivity index (χ3n) is 2.80. The van der Waals surface area contributed by atoms with Gasteiger partial charge in [0.1, 0.15) is 5.75 Å². The van der Waals surface area contributed by atoms with Gasteiger partial charge in [0.15, 0.2) is 0 Å². The van der Waals surface area contributed by atoms with Gasteiger partial charge in [-0.05, 0) is 29.8 Å². The van der Waals surface area contributed by atoms with E-state index >= 15 is 0 Å². The maximum Gasteiger partial charge on any atom is 0.115 e. The first kappa shape index (κ1) is 12.5. The number of rotatable bonds is 5. The molecule has 94 valence electrons. The lowest BCUT2D eigenvalue weighted by molar-refractivity contribution is 0.301. The van der Waals surface area contributed by atoms with E-state index in [1.165, 1.54) is 0 Å². The van der Waals surface area contributed by atoms with Gasteiger partial charge in [-0.3, -0.25) is 0 Å². The minimum atomic E-state index is 0.118. The van der Waals surface area contributed by atoms with Crippen LogP contribution in [0.15, 0.2) is 54.6 Å². The first-order valence-electron chi connectivity index (χ1n) is 5.98. The number of aromatic hydroxyl groups is 1. The lowest BCUT2D eigenvalue weighted by atomic mass is 10.2. The highest BCUT2D eigenvalue weighted by atomic mass is 16.3. The maximum atomic E-state index is 9.26. The van der Waals surface area contributed by atoms with Crippen molar-refractivity contribution in [1.29, 1.82) is 0 Å². The van der Waals surface area contributed by atoms with Gasteiger partial charge in [-0.15, -0.1) is 0 Å². The Labute approximate surface area is 107 Å². The zero-order valence-electron chi connectivity index (χ0n) is 10.2. The summed E-state index contributed by atoms with van der Waals surface area (Å²) >= 11 is 0. The van der Waals surface area contributed by atoms with E-state index in [1.807, 2.05) is 42.5 Å². The summed E-state index contributed by atoms with van der Waals surface area (Å²) in [6, 6.07) is 17.1. The third-order valence-corrected chi connectivity index (χ3v) is 2.80. The molecule has 18 heavy (non-hydrogen) atoms. The van der Waals surface area contributed by atoms with E-state index in [-0.39, 0.29) is 12.4 Å². The first-order chi connectivity index (χ1) is 8.79. The van der Waals surface area contributed by atoms with Gasteiger partial charge in [-0.1, -0.05) is 30.3 Å². The molecular formula is C15H17NO2. The van der Waals surface area contributed by atoms with E-state index in [0.717, 1.165) is 11.3 Å². The van der Waals surface area contributed by atoms with E-state index in [9.17, 15) is 5.11 Å². The molecule has 2 aromatic carbocycles. The number of hydrogen-bond acceptors (Lipinski definition) is 3. The molecule has 0 heterocycles. The second kappa shape index (κ2) is 6.07. The number of aliphatic hydroxyl groups is 1. The van der Waals surface area contributed by atoms with E-state index < -0.39 is 0 Å². The maximum absolute atomic E-state index is 9.26. The smallest absolute Gasteiger partial charge is 0.115 e. The quantitative estimate of drug-likeness (QED) is 0.847.